The van der Waals surface area contributed by atoms with Crippen molar-refractivity contribution < 1.29 is 4.79 Å². The molecule has 1 N–H and O–H groups in total. The average Bonchev–Trinajstić information content (AvgIpc) is 2.95. The molecule has 1 aliphatic rings. The Kier molecular flexibility index (Phi) is 5.02. The van der Waals surface area contributed by atoms with Crippen molar-refractivity contribution in [2.75, 3.05) is 18.4 Å². The van der Waals surface area contributed by atoms with Gasteiger partial charge in [0.05, 0.1) is 31.2 Å². The van der Waals surface area contributed by atoms with Crippen molar-refractivity contribution in [3.8, 4) is 0 Å². The Morgan fingerprint density at radius 3 is 3.04 bits per heavy atom. The van der Waals surface area contributed by atoms with Crippen molar-refractivity contribution in [2.45, 2.75) is 38.8 Å². The molecule has 2 aromatic heterocycles. The number of piperidine rings is 1. The second-order valence-electron chi connectivity index (χ2n) is 6.15. The lowest BCUT2D eigenvalue weighted by Gasteiger charge is -2.35. The van der Waals surface area contributed by atoms with Crippen LogP contribution in [0.4, 0.5) is 5.69 Å². The van der Waals surface area contributed by atoms with Crippen molar-refractivity contribution in [2.24, 2.45) is 0 Å². The summed E-state index contributed by atoms with van der Waals surface area (Å²) in [5.74, 6) is 0.0153. The Morgan fingerprint density at radius 2 is 2.30 bits per heavy atom. The fourth-order valence-corrected chi connectivity index (χ4v) is 3.08. The van der Waals surface area contributed by atoms with Gasteiger partial charge in [0.1, 0.15) is 0 Å². The van der Waals surface area contributed by atoms with Gasteiger partial charge in [-0.25, -0.2) is 0 Å². The first-order chi connectivity index (χ1) is 11.2. The van der Waals surface area contributed by atoms with Gasteiger partial charge < -0.3 is 5.32 Å². The van der Waals surface area contributed by atoms with Crippen molar-refractivity contribution in [1.29, 1.82) is 0 Å². The first-order valence-corrected chi connectivity index (χ1v) is 8.14. The maximum atomic E-state index is 12.3. The van der Waals surface area contributed by atoms with E-state index in [2.05, 4.69) is 26.5 Å². The Balaban J connectivity index is 1.58. The van der Waals surface area contributed by atoms with Crippen LogP contribution in [0.3, 0.4) is 0 Å². The number of carbonyl (C=O) groups excluding carboxylic acids is 1. The van der Waals surface area contributed by atoms with E-state index in [1.165, 1.54) is 12.0 Å². The highest BCUT2D eigenvalue weighted by molar-refractivity contribution is 5.92. The maximum absolute atomic E-state index is 12.3. The van der Waals surface area contributed by atoms with Gasteiger partial charge in [0.2, 0.25) is 5.91 Å². The minimum Gasteiger partial charge on any atom is -0.324 e. The second kappa shape index (κ2) is 7.37. The van der Waals surface area contributed by atoms with Crippen LogP contribution in [0, 0.1) is 6.92 Å². The highest BCUT2D eigenvalue weighted by Gasteiger charge is 2.24. The SMILES string of the molecule is Cc1cnn(C[C@@H]2CCCCN2CC(=O)Nc2cccnc2)c1. The van der Waals surface area contributed by atoms with E-state index in [0.29, 0.717) is 12.6 Å². The average molecular weight is 313 g/mol. The number of aryl methyl sites for hydroxylation is 1. The number of aromatic nitrogens is 3. The summed E-state index contributed by atoms with van der Waals surface area (Å²) in [6.45, 7) is 4.27. The van der Waals surface area contributed by atoms with Gasteiger partial charge in [0.25, 0.3) is 0 Å². The van der Waals surface area contributed by atoms with Crippen molar-refractivity contribution in [3.05, 3.63) is 42.5 Å². The Labute approximate surface area is 136 Å². The van der Waals surface area contributed by atoms with Gasteiger partial charge in [0.15, 0.2) is 0 Å². The largest absolute Gasteiger partial charge is 0.324 e. The van der Waals surface area contributed by atoms with Crippen LogP contribution in [0.2, 0.25) is 0 Å². The third-order valence-electron chi connectivity index (χ3n) is 4.20. The molecular formula is C17H23N5O. The van der Waals surface area contributed by atoms with Crippen LogP contribution in [0.25, 0.3) is 0 Å². The van der Waals surface area contributed by atoms with Gasteiger partial charge >= 0.3 is 0 Å². The van der Waals surface area contributed by atoms with E-state index in [0.717, 1.165) is 31.6 Å². The molecule has 23 heavy (non-hydrogen) atoms. The minimum absolute atomic E-state index is 0.0153. The second-order valence-corrected chi connectivity index (χ2v) is 6.15. The van der Waals surface area contributed by atoms with Crippen molar-refractivity contribution in [3.63, 3.8) is 0 Å². The molecule has 3 heterocycles. The van der Waals surface area contributed by atoms with E-state index in [-0.39, 0.29) is 5.91 Å². The molecule has 1 aliphatic heterocycles. The number of rotatable bonds is 5. The highest BCUT2D eigenvalue weighted by Crippen LogP contribution is 2.18. The lowest BCUT2D eigenvalue weighted by Crippen LogP contribution is -2.46. The minimum atomic E-state index is 0.0153. The van der Waals surface area contributed by atoms with Crippen molar-refractivity contribution in [1.82, 2.24) is 19.7 Å². The van der Waals surface area contributed by atoms with Crippen LogP contribution in [-0.2, 0) is 11.3 Å². The van der Waals surface area contributed by atoms with E-state index in [1.54, 1.807) is 12.4 Å². The molecule has 0 aliphatic carbocycles. The topological polar surface area (TPSA) is 63.1 Å². The first-order valence-electron chi connectivity index (χ1n) is 8.14. The lowest BCUT2D eigenvalue weighted by atomic mass is 10.0. The van der Waals surface area contributed by atoms with Gasteiger partial charge in [-0.1, -0.05) is 6.42 Å². The molecule has 1 saturated heterocycles. The zero-order valence-corrected chi connectivity index (χ0v) is 13.5. The standard InChI is InChI=1S/C17H23N5O/c1-14-9-19-22(11-14)12-16-6-2-3-8-21(16)13-17(23)20-15-5-4-7-18-10-15/h4-5,7,9-11,16H,2-3,6,8,12-13H2,1H3,(H,20,23)/t16-/m0/s1. The number of hydrogen-bond donors (Lipinski definition) is 1. The Hall–Kier alpha value is -2.21. The molecule has 6 nitrogen and oxygen atoms in total. The zero-order chi connectivity index (χ0) is 16.1. The van der Waals surface area contributed by atoms with Crippen LogP contribution in [-0.4, -0.2) is 44.7 Å². The number of nitrogens with zero attached hydrogens (tertiary/aromatic N) is 4. The summed E-state index contributed by atoms with van der Waals surface area (Å²) in [6, 6.07) is 4.03. The predicted molar refractivity (Wildman–Crippen MR) is 89.0 cm³/mol. The molecular weight excluding hydrogens is 290 g/mol. The summed E-state index contributed by atoms with van der Waals surface area (Å²) in [5.41, 5.74) is 1.91. The van der Waals surface area contributed by atoms with Gasteiger partial charge in [-0.2, -0.15) is 5.10 Å². The van der Waals surface area contributed by atoms with E-state index < -0.39 is 0 Å². The third kappa shape index (κ3) is 4.39. The predicted octanol–water partition coefficient (Wildman–Crippen LogP) is 2.08. The number of anilines is 1. The van der Waals surface area contributed by atoms with Crippen LogP contribution in [0.1, 0.15) is 24.8 Å². The van der Waals surface area contributed by atoms with Gasteiger partial charge in [-0.15, -0.1) is 0 Å². The lowest BCUT2D eigenvalue weighted by molar-refractivity contribution is -0.118. The number of amides is 1. The van der Waals surface area contributed by atoms with Crippen molar-refractivity contribution >= 4 is 11.6 Å². The van der Waals surface area contributed by atoms with E-state index in [9.17, 15) is 4.79 Å². The number of pyridine rings is 1. The maximum Gasteiger partial charge on any atom is 0.238 e. The summed E-state index contributed by atoms with van der Waals surface area (Å²) in [4.78, 5) is 18.6. The molecule has 0 bridgehead atoms. The molecule has 122 valence electrons. The van der Waals surface area contributed by atoms with E-state index >= 15 is 0 Å². The molecule has 6 heteroatoms. The molecule has 0 saturated carbocycles. The number of hydrogen-bond acceptors (Lipinski definition) is 4. The van der Waals surface area contributed by atoms with E-state index in [4.69, 9.17) is 0 Å². The fraction of sp³-hybridized carbons (Fsp3) is 0.471. The van der Waals surface area contributed by atoms with E-state index in [1.807, 2.05) is 29.9 Å². The molecule has 3 rings (SSSR count). The molecule has 0 spiro atoms. The fourth-order valence-electron chi connectivity index (χ4n) is 3.08. The Morgan fingerprint density at radius 1 is 1.39 bits per heavy atom. The number of carbonyl (C=O) groups is 1. The van der Waals surface area contributed by atoms with Crippen LogP contribution >= 0.6 is 0 Å². The molecule has 0 aromatic carbocycles. The summed E-state index contributed by atoms with van der Waals surface area (Å²) < 4.78 is 1.98. The Bertz CT molecular complexity index is 639. The smallest absolute Gasteiger partial charge is 0.238 e. The summed E-state index contributed by atoms with van der Waals surface area (Å²) in [6.07, 6.45) is 10.8. The normalized spacial score (nSPS) is 18.7. The summed E-state index contributed by atoms with van der Waals surface area (Å²) >= 11 is 0. The van der Waals surface area contributed by atoms with Gasteiger partial charge in [-0.3, -0.25) is 19.4 Å². The van der Waals surface area contributed by atoms with Gasteiger partial charge in [0, 0.05) is 18.4 Å². The third-order valence-corrected chi connectivity index (χ3v) is 4.20. The molecule has 0 unspecified atom stereocenters. The summed E-state index contributed by atoms with van der Waals surface area (Å²) in [7, 11) is 0. The van der Waals surface area contributed by atoms with Gasteiger partial charge in [-0.05, 0) is 44.0 Å². The molecule has 1 amide bonds. The quantitative estimate of drug-likeness (QED) is 0.918. The molecule has 1 fully saturated rings. The zero-order valence-electron chi connectivity index (χ0n) is 13.5. The molecule has 0 radical (unpaired) electrons. The van der Waals surface area contributed by atoms with Crippen LogP contribution in [0.5, 0.6) is 0 Å². The summed E-state index contributed by atoms with van der Waals surface area (Å²) in [5, 5.41) is 7.28. The molecule has 2 aromatic rings. The molecule has 1 atom stereocenters. The van der Waals surface area contributed by atoms with Crippen LogP contribution < -0.4 is 5.32 Å². The van der Waals surface area contributed by atoms with Crippen LogP contribution in [0.15, 0.2) is 36.9 Å². The highest BCUT2D eigenvalue weighted by atomic mass is 16.2. The monoisotopic (exact) mass is 313 g/mol. The first kappa shape index (κ1) is 15.7. The number of likely N-dealkylation sites (tertiary alicyclic amines) is 1. The number of nitrogens with one attached hydrogen (secondary N) is 1.